The normalized spacial score (nSPS) is 29.4. The zero-order chi connectivity index (χ0) is 12.7. The van der Waals surface area contributed by atoms with Gasteiger partial charge in [-0.05, 0) is 25.5 Å². The Bertz CT molecular complexity index is 509. The van der Waals surface area contributed by atoms with Crippen molar-refractivity contribution in [2.75, 3.05) is 18.1 Å². The molecule has 17 heavy (non-hydrogen) atoms. The van der Waals surface area contributed by atoms with Gasteiger partial charge in [0.1, 0.15) is 0 Å². The summed E-state index contributed by atoms with van der Waals surface area (Å²) in [6.07, 6.45) is -0.326. The molecular formula is C11H17NO3S2. The predicted octanol–water partition coefficient (Wildman–Crippen LogP) is 0.854. The van der Waals surface area contributed by atoms with E-state index in [0.29, 0.717) is 6.42 Å². The Hall–Kier alpha value is -0.430. The van der Waals surface area contributed by atoms with Gasteiger partial charge in [0.25, 0.3) is 0 Å². The van der Waals surface area contributed by atoms with Gasteiger partial charge >= 0.3 is 0 Å². The molecule has 0 spiro atoms. The van der Waals surface area contributed by atoms with Crippen LogP contribution in [0.15, 0.2) is 12.1 Å². The van der Waals surface area contributed by atoms with E-state index in [1.165, 1.54) is 11.3 Å². The van der Waals surface area contributed by atoms with Gasteiger partial charge in [-0.15, -0.1) is 11.3 Å². The second-order valence-electron chi connectivity index (χ2n) is 4.76. The topological polar surface area (TPSA) is 80.4 Å². The first-order valence-corrected chi connectivity index (χ1v) is 8.17. The average molecular weight is 275 g/mol. The lowest BCUT2D eigenvalue weighted by Gasteiger charge is -2.30. The Balaban J connectivity index is 2.31. The molecule has 0 amide bonds. The number of aliphatic hydroxyl groups excluding tert-OH is 1. The van der Waals surface area contributed by atoms with Gasteiger partial charge in [0.05, 0.1) is 17.6 Å². The summed E-state index contributed by atoms with van der Waals surface area (Å²) in [7, 11) is -3.05. The standard InChI is InChI=1S/C11H17NO3S2/c1-8-2-3-9(16-8)10(13)11(6-12)4-5-17(14,15)7-11/h2-3,10,13H,4-7,12H2,1H3. The molecule has 2 atom stereocenters. The second kappa shape index (κ2) is 4.35. The van der Waals surface area contributed by atoms with Crippen molar-refractivity contribution in [2.45, 2.75) is 19.4 Å². The predicted molar refractivity (Wildman–Crippen MR) is 68.8 cm³/mol. The molecule has 2 heterocycles. The molecule has 2 rings (SSSR count). The largest absolute Gasteiger partial charge is 0.387 e. The van der Waals surface area contributed by atoms with Crippen molar-refractivity contribution < 1.29 is 13.5 Å². The minimum absolute atomic E-state index is 0.00534. The van der Waals surface area contributed by atoms with Crippen LogP contribution in [0.2, 0.25) is 0 Å². The zero-order valence-electron chi connectivity index (χ0n) is 9.72. The van der Waals surface area contributed by atoms with Crippen LogP contribution in [0.5, 0.6) is 0 Å². The van der Waals surface area contributed by atoms with Crippen LogP contribution in [0.1, 0.15) is 22.3 Å². The number of aryl methyl sites for hydroxylation is 1. The molecule has 0 bridgehead atoms. The maximum absolute atomic E-state index is 11.6. The first-order valence-electron chi connectivity index (χ1n) is 5.53. The van der Waals surface area contributed by atoms with E-state index < -0.39 is 21.4 Å². The van der Waals surface area contributed by atoms with E-state index >= 15 is 0 Å². The molecule has 96 valence electrons. The molecule has 1 aliphatic heterocycles. The summed E-state index contributed by atoms with van der Waals surface area (Å²) in [4.78, 5) is 1.91. The minimum Gasteiger partial charge on any atom is -0.387 e. The van der Waals surface area contributed by atoms with Gasteiger partial charge in [-0.3, -0.25) is 0 Å². The van der Waals surface area contributed by atoms with Crippen molar-refractivity contribution in [1.82, 2.24) is 0 Å². The van der Waals surface area contributed by atoms with Crippen LogP contribution in [-0.2, 0) is 9.84 Å². The fraction of sp³-hybridized carbons (Fsp3) is 0.636. The van der Waals surface area contributed by atoms with E-state index in [2.05, 4.69) is 0 Å². The molecular weight excluding hydrogens is 258 g/mol. The lowest BCUT2D eigenvalue weighted by atomic mass is 9.81. The first-order chi connectivity index (χ1) is 7.88. The van der Waals surface area contributed by atoms with Crippen LogP contribution in [0.4, 0.5) is 0 Å². The van der Waals surface area contributed by atoms with Crippen LogP contribution in [0.3, 0.4) is 0 Å². The molecule has 6 heteroatoms. The van der Waals surface area contributed by atoms with Crippen molar-refractivity contribution in [3.63, 3.8) is 0 Å². The third-order valence-corrected chi connectivity index (χ3v) is 6.33. The summed E-state index contributed by atoms with van der Waals surface area (Å²) in [6.45, 7) is 2.16. The van der Waals surface area contributed by atoms with Crippen molar-refractivity contribution in [1.29, 1.82) is 0 Å². The molecule has 1 aromatic heterocycles. The highest BCUT2D eigenvalue weighted by molar-refractivity contribution is 7.91. The number of hydrogen-bond donors (Lipinski definition) is 2. The summed E-state index contributed by atoms with van der Waals surface area (Å²) in [5.41, 5.74) is 5.02. The molecule has 1 fully saturated rings. The second-order valence-corrected chi connectivity index (χ2v) is 8.26. The molecule has 0 radical (unpaired) electrons. The summed E-state index contributed by atoms with van der Waals surface area (Å²) in [5.74, 6) is 0.125. The fourth-order valence-electron chi connectivity index (χ4n) is 2.33. The number of hydrogen-bond acceptors (Lipinski definition) is 5. The number of nitrogens with two attached hydrogens (primary N) is 1. The Labute approximate surface area is 105 Å². The van der Waals surface area contributed by atoms with E-state index in [9.17, 15) is 13.5 Å². The van der Waals surface area contributed by atoms with Gasteiger partial charge in [-0.2, -0.15) is 0 Å². The quantitative estimate of drug-likeness (QED) is 0.857. The number of rotatable bonds is 3. The minimum atomic E-state index is -3.05. The maximum atomic E-state index is 11.6. The summed E-state index contributed by atoms with van der Waals surface area (Å²) >= 11 is 1.50. The van der Waals surface area contributed by atoms with Gasteiger partial charge in [-0.25, -0.2) is 8.42 Å². The summed E-state index contributed by atoms with van der Waals surface area (Å²) in [6, 6.07) is 3.78. The SMILES string of the molecule is Cc1ccc(C(O)C2(CN)CCS(=O)(=O)C2)s1. The number of sulfone groups is 1. The number of thiophene rings is 1. The average Bonchev–Trinajstić information content (AvgIpc) is 2.82. The van der Waals surface area contributed by atoms with Gasteiger partial charge in [-0.1, -0.05) is 0 Å². The van der Waals surface area contributed by atoms with E-state index in [4.69, 9.17) is 5.73 Å². The van der Waals surface area contributed by atoms with E-state index in [1.54, 1.807) is 0 Å². The van der Waals surface area contributed by atoms with Gasteiger partial charge in [0, 0.05) is 21.7 Å². The Morgan fingerprint density at radius 3 is 2.71 bits per heavy atom. The van der Waals surface area contributed by atoms with Crippen molar-refractivity contribution in [3.05, 3.63) is 21.9 Å². The third-order valence-electron chi connectivity index (χ3n) is 3.44. The lowest BCUT2D eigenvalue weighted by molar-refractivity contribution is 0.0501. The van der Waals surface area contributed by atoms with Gasteiger partial charge in [0.2, 0.25) is 0 Å². The van der Waals surface area contributed by atoms with Crippen LogP contribution in [0, 0.1) is 12.3 Å². The highest BCUT2D eigenvalue weighted by Gasteiger charge is 2.47. The molecule has 1 saturated heterocycles. The molecule has 0 aliphatic carbocycles. The van der Waals surface area contributed by atoms with E-state index in [0.717, 1.165) is 9.75 Å². The Morgan fingerprint density at radius 2 is 2.29 bits per heavy atom. The van der Waals surface area contributed by atoms with Crippen molar-refractivity contribution in [2.24, 2.45) is 11.1 Å². The molecule has 1 aliphatic rings. The zero-order valence-corrected chi connectivity index (χ0v) is 11.4. The monoisotopic (exact) mass is 275 g/mol. The third kappa shape index (κ3) is 2.40. The van der Waals surface area contributed by atoms with E-state index in [1.807, 2.05) is 19.1 Å². The van der Waals surface area contributed by atoms with Gasteiger partial charge < -0.3 is 10.8 Å². The van der Waals surface area contributed by atoms with Crippen molar-refractivity contribution in [3.8, 4) is 0 Å². The lowest BCUT2D eigenvalue weighted by Crippen LogP contribution is -2.37. The van der Waals surface area contributed by atoms with Crippen LogP contribution < -0.4 is 5.73 Å². The smallest absolute Gasteiger partial charge is 0.151 e. The molecule has 2 unspecified atom stereocenters. The first kappa shape index (κ1) is 13.0. The molecule has 1 aromatic rings. The summed E-state index contributed by atoms with van der Waals surface area (Å²) in [5, 5.41) is 10.4. The molecule has 3 N–H and O–H groups in total. The fourth-order valence-corrected chi connectivity index (χ4v) is 5.49. The Kier molecular flexibility index (Phi) is 3.33. The molecule has 0 saturated carbocycles. The highest BCUT2D eigenvalue weighted by atomic mass is 32.2. The van der Waals surface area contributed by atoms with Crippen molar-refractivity contribution >= 4 is 21.2 Å². The number of aliphatic hydroxyl groups is 1. The van der Waals surface area contributed by atoms with Crippen LogP contribution in [0.25, 0.3) is 0 Å². The summed E-state index contributed by atoms with van der Waals surface area (Å²) < 4.78 is 23.2. The van der Waals surface area contributed by atoms with Crippen LogP contribution in [-0.4, -0.2) is 31.6 Å². The molecule has 0 aromatic carbocycles. The highest BCUT2D eigenvalue weighted by Crippen LogP contribution is 2.44. The Morgan fingerprint density at radius 1 is 1.59 bits per heavy atom. The molecule has 4 nitrogen and oxygen atoms in total. The van der Waals surface area contributed by atoms with Gasteiger partial charge in [0.15, 0.2) is 9.84 Å². The van der Waals surface area contributed by atoms with Crippen LogP contribution >= 0.6 is 11.3 Å². The van der Waals surface area contributed by atoms with E-state index in [-0.39, 0.29) is 18.1 Å². The maximum Gasteiger partial charge on any atom is 0.151 e.